The first kappa shape index (κ1) is 15.6. The molecule has 1 aliphatic heterocycles. The third kappa shape index (κ3) is 3.63. The van der Waals surface area contributed by atoms with E-state index < -0.39 is 17.3 Å². The van der Waals surface area contributed by atoms with E-state index in [4.69, 9.17) is 4.74 Å². The van der Waals surface area contributed by atoms with Crippen LogP contribution in [0, 0.1) is 0 Å². The van der Waals surface area contributed by atoms with Gasteiger partial charge in [-0.2, -0.15) is 13.2 Å². The van der Waals surface area contributed by atoms with Crippen molar-refractivity contribution >= 4 is 21.7 Å². The molecule has 1 atom stereocenters. The Bertz CT molecular complexity index is 479. The molecule has 0 spiro atoms. The topological polar surface area (TPSA) is 25.4 Å². The number of aromatic nitrogens is 1. The largest absolute Gasteiger partial charge is 0.416 e. The SMILES string of the molecule is CC1(C)CN(c2cc(C(F)(F)F)ccn2)CC(CBr)O1. The van der Waals surface area contributed by atoms with E-state index in [1.165, 1.54) is 6.20 Å². The molecule has 0 aliphatic carbocycles. The van der Waals surface area contributed by atoms with Gasteiger partial charge in [-0.05, 0) is 26.0 Å². The predicted molar refractivity (Wildman–Crippen MR) is 74.2 cm³/mol. The first-order chi connectivity index (χ1) is 9.21. The van der Waals surface area contributed by atoms with Crippen molar-refractivity contribution in [3.8, 4) is 0 Å². The Morgan fingerprint density at radius 1 is 1.50 bits per heavy atom. The summed E-state index contributed by atoms with van der Waals surface area (Å²) in [5.41, 5.74) is -1.10. The Morgan fingerprint density at radius 2 is 2.20 bits per heavy atom. The fraction of sp³-hybridized carbons (Fsp3) is 0.615. The van der Waals surface area contributed by atoms with Crippen LogP contribution >= 0.6 is 15.9 Å². The molecule has 1 fully saturated rings. The van der Waals surface area contributed by atoms with Gasteiger partial charge in [0.2, 0.25) is 0 Å². The number of nitrogens with zero attached hydrogens (tertiary/aromatic N) is 2. The maximum atomic E-state index is 12.8. The number of halogens is 4. The summed E-state index contributed by atoms with van der Waals surface area (Å²) >= 11 is 3.36. The summed E-state index contributed by atoms with van der Waals surface area (Å²) in [6.07, 6.45) is -3.23. The van der Waals surface area contributed by atoms with Crippen molar-refractivity contribution in [3.63, 3.8) is 0 Å². The Labute approximate surface area is 124 Å². The van der Waals surface area contributed by atoms with E-state index in [1.807, 2.05) is 18.7 Å². The molecule has 1 aromatic rings. The zero-order valence-electron chi connectivity index (χ0n) is 11.2. The second-order valence-corrected chi connectivity index (χ2v) is 6.08. The number of rotatable bonds is 2. The highest BCUT2D eigenvalue weighted by Crippen LogP contribution is 2.32. The average molecular weight is 353 g/mol. The van der Waals surface area contributed by atoms with E-state index in [-0.39, 0.29) is 6.10 Å². The highest BCUT2D eigenvalue weighted by molar-refractivity contribution is 9.09. The normalized spacial score (nSPS) is 22.9. The van der Waals surface area contributed by atoms with Crippen LogP contribution in [-0.4, -0.2) is 35.1 Å². The lowest BCUT2D eigenvalue weighted by Gasteiger charge is -2.43. The number of alkyl halides is 4. The highest BCUT2D eigenvalue weighted by atomic mass is 79.9. The number of ether oxygens (including phenoxy) is 1. The maximum Gasteiger partial charge on any atom is 0.416 e. The van der Waals surface area contributed by atoms with E-state index in [0.29, 0.717) is 24.2 Å². The molecule has 0 aromatic carbocycles. The molecule has 1 saturated heterocycles. The molecule has 2 heterocycles. The second-order valence-electron chi connectivity index (χ2n) is 5.43. The standard InChI is InChI=1S/C13H16BrF3N2O/c1-12(2)8-19(7-10(6-14)20-12)11-5-9(3-4-18-11)13(15,16)17/h3-5,10H,6-8H2,1-2H3. The molecule has 0 bridgehead atoms. The van der Waals surface area contributed by atoms with Crippen molar-refractivity contribution in [3.05, 3.63) is 23.9 Å². The number of pyridine rings is 1. The zero-order chi connectivity index (χ0) is 15.0. The number of hydrogen-bond acceptors (Lipinski definition) is 3. The summed E-state index contributed by atoms with van der Waals surface area (Å²) in [5.74, 6) is 0.335. The van der Waals surface area contributed by atoms with Crippen LogP contribution in [0.1, 0.15) is 19.4 Å². The van der Waals surface area contributed by atoms with Gasteiger partial charge in [-0.3, -0.25) is 0 Å². The molecule has 1 unspecified atom stereocenters. The fourth-order valence-electron chi connectivity index (χ4n) is 2.32. The molecule has 0 radical (unpaired) electrons. The zero-order valence-corrected chi connectivity index (χ0v) is 12.8. The number of anilines is 1. The van der Waals surface area contributed by atoms with Gasteiger partial charge in [0.25, 0.3) is 0 Å². The molecule has 112 valence electrons. The lowest BCUT2D eigenvalue weighted by Crippen LogP contribution is -2.53. The summed E-state index contributed by atoms with van der Waals surface area (Å²) in [5, 5.41) is 0.631. The quantitative estimate of drug-likeness (QED) is 0.762. The third-order valence-electron chi connectivity index (χ3n) is 3.05. The van der Waals surface area contributed by atoms with Gasteiger partial charge in [0.1, 0.15) is 5.82 Å². The highest BCUT2D eigenvalue weighted by Gasteiger charge is 2.35. The van der Waals surface area contributed by atoms with Crippen molar-refractivity contribution in [2.45, 2.75) is 31.7 Å². The molecule has 7 heteroatoms. The van der Waals surface area contributed by atoms with Crippen LogP contribution in [-0.2, 0) is 10.9 Å². The van der Waals surface area contributed by atoms with E-state index in [9.17, 15) is 13.2 Å². The van der Waals surface area contributed by atoms with Crippen LogP contribution in [0.2, 0.25) is 0 Å². The summed E-state index contributed by atoms with van der Waals surface area (Å²) in [7, 11) is 0. The van der Waals surface area contributed by atoms with Crippen LogP contribution in [0.5, 0.6) is 0 Å². The first-order valence-electron chi connectivity index (χ1n) is 6.23. The van der Waals surface area contributed by atoms with Crippen molar-refractivity contribution in [2.24, 2.45) is 0 Å². The maximum absolute atomic E-state index is 12.8. The van der Waals surface area contributed by atoms with E-state index in [2.05, 4.69) is 20.9 Å². The summed E-state index contributed by atoms with van der Waals surface area (Å²) in [4.78, 5) is 5.90. The second kappa shape index (κ2) is 5.52. The van der Waals surface area contributed by atoms with Gasteiger partial charge in [-0.15, -0.1) is 0 Å². The number of morpholine rings is 1. The summed E-state index contributed by atoms with van der Waals surface area (Å²) < 4.78 is 44.1. The Hall–Kier alpha value is -0.820. The Kier molecular flexibility index (Phi) is 4.30. The minimum atomic E-state index is -4.35. The lowest BCUT2D eigenvalue weighted by atomic mass is 10.1. The summed E-state index contributed by atoms with van der Waals surface area (Å²) in [6.45, 7) is 4.86. The third-order valence-corrected chi connectivity index (χ3v) is 3.77. The van der Waals surface area contributed by atoms with Gasteiger partial charge in [-0.25, -0.2) is 4.98 Å². The van der Waals surface area contributed by atoms with Gasteiger partial charge in [0, 0.05) is 24.6 Å². The van der Waals surface area contributed by atoms with Gasteiger partial charge < -0.3 is 9.64 Å². The Morgan fingerprint density at radius 3 is 2.80 bits per heavy atom. The minimum absolute atomic E-state index is 0.0740. The van der Waals surface area contributed by atoms with Crippen molar-refractivity contribution in [2.75, 3.05) is 23.3 Å². The Balaban J connectivity index is 2.26. The monoisotopic (exact) mass is 352 g/mol. The van der Waals surface area contributed by atoms with E-state index in [0.717, 1.165) is 12.1 Å². The molecule has 2 rings (SSSR count). The fourth-order valence-corrected chi connectivity index (χ4v) is 2.66. The van der Waals surface area contributed by atoms with E-state index >= 15 is 0 Å². The molecular formula is C13H16BrF3N2O. The number of hydrogen-bond donors (Lipinski definition) is 0. The molecule has 20 heavy (non-hydrogen) atoms. The minimum Gasteiger partial charge on any atom is -0.368 e. The summed E-state index contributed by atoms with van der Waals surface area (Å²) in [6, 6.07) is 2.07. The van der Waals surface area contributed by atoms with Crippen LogP contribution < -0.4 is 4.90 Å². The molecule has 1 aliphatic rings. The molecular weight excluding hydrogens is 337 g/mol. The van der Waals surface area contributed by atoms with Crippen LogP contribution in [0.4, 0.5) is 19.0 Å². The first-order valence-corrected chi connectivity index (χ1v) is 7.35. The van der Waals surface area contributed by atoms with Gasteiger partial charge >= 0.3 is 6.18 Å². The molecule has 0 amide bonds. The van der Waals surface area contributed by atoms with E-state index in [1.54, 1.807) is 0 Å². The van der Waals surface area contributed by atoms with Crippen molar-refractivity contribution in [1.82, 2.24) is 4.98 Å². The van der Waals surface area contributed by atoms with Gasteiger partial charge in [0.05, 0.1) is 17.3 Å². The smallest absolute Gasteiger partial charge is 0.368 e. The van der Waals surface area contributed by atoms with Gasteiger partial charge in [-0.1, -0.05) is 15.9 Å². The van der Waals surface area contributed by atoms with Crippen LogP contribution in [0.3, 0.4) is 0 Å². The van der Waals surface area contributed by atoms with Gasteiger partial charge in [0.15, 0.2) is 0 Å². The van der Waals surface area contributed by atoms with Crippen LogP contribution in [0.25, 0.3) is 0 Å². The van der Waals surface area contributed by atoms with Crippen molar-refractivity contribution in [1.29, 1.82) is 0 Å². The molecule has 1 aromatic heterocycles. The molecule has 3 nitrogen and oxygen atoms in total. The lowest BCUT2D eigenvalue weighted by molar-refractivity contribution is -0.137. The molecule has 0 saturated carbocycles. The van der Waals surface area contributed by atoms with Crippen molar-refractivity contribution < 1.29 is 17.9 Å². The average Bonchev–Trinajstić information content (AvgIpc) is 2.36. The predicted octanol–water partition coefficient (Wildman–Crippen LogP) is 3.48. The molecule has 0 N–H and O–H groups in total. The van der Waals surface area contributed by atoms with Crippen LogP contribution in [0.15, 0.2) is 18.3 Å².